The fraction of sp³-hybridized carbons (Fsp3) is 0.929. The van der Waals surface area contributed by atoms with Crippen LogP contribution in [0.15, 0.2) is 0 Å². The van der Waals surface area contributed by atoms with Crippen molar-refractivity contribution >= 4 is 5.78 Å². The van der Waals surface area contributed by atoms with Gasteiger partial charge in [-0.1, -0.05) is 32.1 Å². The van der Waals surface area contributed by atoms with Crippen LogP contribution in [-0.4, -0.2) is 17.0 Å². The zero-order valence-electron chi connectivity index (χ0n) is 10.1. The Kier molecular flexibility index (Phi) is 2.58. The molecule has 3 rings (SSSR count). The summed E-state index contributed by atoms with van der Waals surface area (Å²) in [5.41, 5.74) is -0.321. The maximum absolute atomic E-state index is 12.3. The fourth-order valence-corrected chi connectivity index (χ4v) is 3.88. The lowest BCUT2D eigenvalue weighted by Gasteiger charge is -2.15. The Balaban J connectivity index is 1.81. The minimum Gasteiger partial charge on any atom is -0.354 e. The van der Waals surface area contributed by atoms with Crippen molar-refractivity contribution < 1.29 is 9.53 Å². The van der Waals surface area contributed by atoms with Crippen molar-refractivity contribution in [2.45, 2.75) is 81.8 Å². The second kappa shape index (κ2) is 3.83. The van der Waals surface area contributed by atoms with Crippen molar-refractivity contribution in [1.29, 1.82) is 0 Å². The molecule has 0 aromatic heterocycles. The number of rotatable bonds is 0. The second-order valence-corrected chi connectivity index (χ2v) is 5.82. The molecule has 2 spiro atoms. The van der Waals surface area contributed by atoms with Crippen LogP contribution in [0.25, 0.3) is 0 Å². The molecule has 0 bridgehead atoms. The topological polar surface area (TPSA) is 29.6 Å². The van der Waals surface area contributed by atoms with Crippen molar-refractivity contribution in [2.75, 3.05) is 0 Å². The van der Waals surface area contributed by atoms with E-state index in [-0.39, 0.29) is 11.2 Å². The van der Waals surface area contributed by atoms with Crippen LogP contribution in [0, 0.1) is 0 Å². The minimum atomic E-state index is -0.312. The van der Waals surface area contributed by atoms with E-state index in [1.54, 1.807) is 0 Å². The van der Waals surface area contributed by atoms with Gasteiger partial charge in [0.05, 0.1) is 0 Å². The molecular formula is C14H22O2. The smallest absolute Gasteiger partial charge is 0.167 e. The van der Waals surface area contributed by atoms with E-state index in [1.807, 2.05) is 0 Å². The van der Waals surface area contributed by atoms with Crippen LogP contribution in [0.4, 0.5) is 0 Å². The molecular weight excluding hydrogens is 200 g/mol. The number of hydrogen-bond donors (Lipinski definition) is 0. The molecule has 0 aromatic rings. The van der Waals surface area contributed by atoms with E-state index in [2.05, 4.69) is 0 Å². The quantitative estimate of drug-likeness (QED) is 0.588. The van der Waals surface area contributed by atoms with Crippen molar-refractivity contribution in [1.82, 2.24) is 0 Å². The Bertz CT molecular complexity index is 289. The molecule has 1 heterocycles. The van der Waals surface area contributed by atoms with Gasteiger partial charge in [0, 0.05) is 6.42 Å². The van der Waals surface area contributed by atoms with E-state index in [1.165, 1.54) is 38.5 Å². The van der Waals surface area contributed by atoms with Crippen LogP contribution in [-0.2, 0) is 9.53 Å². The number of ether oxygens (including phenoxy) is 1. The second-order valence-electron chi connectivity index (χ2n) is 5.82. The lowest BCUT2D eigenvalue weighted by atomic mass is 9.81. The summed E-state index contributed by atoms with van der Waals surface area (Å²) in [5.74, 6) is 0.423. The standard InChI is InChI=1S/C14H22O2/c15-12-8-4-3-7-11-14(12)13(16-14)9-5-1-2-6-10-13/h1-11H2. The first-order chi connectivity index (χ1) is 7.79. The molecule has 1 atom stereocenters. The fourth-order valence-electron chi connectivity index (χ4n) is 3.88. The Morgan fingerprint density at radius 2 is 1.44 bits per heavy atom. The molecule has 2 nitrogen and oxygen atoms in total. The maximum atomic E-state index is 12.3. The van der Waals surface area contributed by atoms with Gasteiger partial charge in [-0.15, -0.1) is 0 Å². The average Bonchev–Trinajstić information content (AvgIpc) is 3.00. The third-order valence-corrected chi connectivity index (χ3v) is 4.86. The van der Waals surface area contributed by atoms with Gasteiger partial charge in [0.1, 0.15) is 5.60 Å². The van der Waals surface area contributed by atoms with Crippen molar-refractivity contribution in [3.63, 3.8) is 0 Å². The zero-order valence-corrected chi connectivity index (χ0v) is 10.1. The van der Waals surface area contributed by atoms with Crippen LogP contribution >= 0.6 is 0 Å². The molecule has 0 aromatic carbocycles. The van der Waals surface area contributed by atoms with Crippen LogP contribution in [0.2, 0.25) is 0 Å². The summed E-state index contributed by atoms with van der Waals surface area (Å²) in [5, 5.41) is 0. The SMILES string of the molecule is O=C1CCCCCC12OC21CCCCCC1. The molecule has 3 aliphatic rings. The van der Waals surface area contributed by atoms with E-state index in [0.29, 0.717) is 5.78 Å². The van der Waals surface area contributed by atoms with Crippen LogP contribution in [0.5, 0.6) is 0 Å². The minimum absolute atomic E-state index is 0.00900. The summed E-state index contributed by atoms with van der Waals surface area (Å²) in [6.45, 7) is 0. The van der Waals surface area contributed by atoms with Crippen LogP contribution in [0.3, 0.4) is 0 Å². The lowest BCUT2D eigenvalue weighted by Crippen LogP contribution is -2.33. The largest absolute Gasteiger partial charge is 0.354 e. The number of hydrogen-bond acceptors (Lipinski definition) is 2. The van der Waals surface area contributed by atoms with Gasteiger partial charge in [0.15, 0.2) is 11.4 Å². The Morgan fingerprint density at radius 3 is 2.19 bits per heavy atom. The molecule has 1 saturated heterocycles. The highest BCUT2D eigenvalue weighted by atomic mass is 16.6. The molecule has 0 radical (unpaired) electrons. The lowest BCUT2D eigenvalue weighted by molar-refractivity contribution is -0.124. The van der Waals surface area contributed by atoms with Crippen LogP contribution < -0.4 is 0 Å². The molecule has 2 heteroatoms. The summed E-state index contributed by atoms with van der Waals surface area (Å²) < 4.78 is 6.10. The average molecular weight is 222 g/mol. The van der Waals surface area contributed by atoms with E-state index in [4.69, 9.17) is 4.74 Å². The van der Waals surface area contributed by atoms with Gasteiger partial charge in [0.25, 0.3) is 0 Å². The molecule has 2 saturated carbocycles. The summed E-state index contributed by atoms with van der Waals surface area (Å²) in [7, 11) is 0. The highest BCUT2D eigenvalue weighted by Gasteiger charge is 2.71. The molecule has 0 amide bonds. The summed E-state index contributed by atoms with van der Waals surface area (Å²) in [6.07, 6.45) is 12.7. The highest BCUT2D eigenvalue weighted by molar-refractivity contribution is 5.92. The van der Waals surface area contributed by atoms with Crippen LogP contribution in [0.1, 0.15) is 70.6 Å². The Hall–Kier alpha value is -0.370. The maximum Gasteiger partial charge on any atom is 0.167 e. The molecule has 0 N–H and O–H groups in total. The number of carbonyl (C=O) groups excluding carboxylic acids is 1. The Morgan fingerprint density at radius 1 is 0.812 bits per heavy atom. The van der Waals surface area contributed by atoms with E-state index < -0.39 is 0 Å². The monoisotopic (exact) mass is 222 g/mol. The van der Waals surface area contributed by atoms with Gasteiger partial charge in [-0.3, -0.25) is 4.79 Å². The molecule has 1 unspecified atom stereocenters. The number of Topliss-reactive ketones (excluding diaryl/α,β-unsaturated/α-hetero) is 1. The first-order valence-electron chi connectivity index (χ1n) is 7.03. The third-order valence-electron chi connectivity index (χ3n) is 4.86. The highest BCUT2D eigenvalue weighted by Crippen LogP contribution is 2.59. The zero-order chi connectivity index (χ0) is 11.1. The predicted octanol–water partition coefficient (Wildman–Crippen LogP) is 3.38. The van der Waals surface area contributed by atoms with Gasteiger partial charge in [-0.25, -0.2) is 0 Å². The number of carbonyl (C=O) groups is 1. The van der Waals surface area contributed by atoms with Crippen molar-refractivity contribution in [3.05, 3.63) is 0 Å². The van der Waals surface area contributed by atoms with Gasteiger partial charge in [-0.2, -0.15) is 0 Å². The first-order valence-corrected chi connectivity index (χ1v) is 7.03. The van der Waals surface area contributed by atoms with Crippen molar-refractivity contribution in [3.8, 4) is 0 Å². The molecule has 16 heavy (non-hydrogen) atoms. The van der Waals surface area contributed by atoms with Gasteiger partial charge in [0.2, 0.25) is 0 Å². The van der Waals surface area contributed by atoms with Gasteiger partial charge >= 0.3 is 0 Å². The number of ketones is 1. The normalized spacial score (nSPS) is 38.4. The predicted molar refractivity (Wildman–Crippen MR) is 62.3 cm³/mol. The number of fused-ring (bicyclic) bond motifs is 1. The van der Waals surface area contributed by atoms with E-state index >= 15 is 0 Å². The Labute approximate surface area is 97.7 Å². The third kappa shape index (κ3) is 1.46. The first kappa shape index (κ1) is 10.8. The molecule has 3 fully saturated rings. The summed E-state index contributed by atoms with van der Waals surface area (Å²) in [4.78, 5) is 12.3. The number of epoxide rings is 1. The molecule has 90 valence electrons. The van der Waals surface area contributed by atoms with Gasteiger partial charge in [-0.05, 0) is 32.1 Å². The summed E-state index contributed by atoms with van der Waals surface area (Å²) in [6, 6.07) is 0. The molecule has 1 aliphatic heterocycles. The molecule has 2 aliphatic carbocycles. The summed E-state index contributed by atoms with van der Waals surface area (Å²) >= 11 is 0. The van der Waals surface area contributed by atoms with E-state index in [0.717, 1.165) is 32.1 Å². The van der Waals surface area contributed by atoms with Crippen molar-refractivity contribution in [2.24, 2.45) is 0 Å². The van der Waals surface area contributed by atoms with Gasteiger partial charge < -0.3 is 4.74 Å². The van der Waals surface area contributed by atoms with E-state index in [9.17, 15) is 4.79 Å².